The summed E-state index contributed by atoms with van der Waals surface area (Å²) in [5.41, 5.74) is 2.95. The molecular weight excluding hydrogens is 504 g/mol. The van der Waals surface area contributed by atoms with Crippen LogP contribution in [-0.2, 0) is 12.5 Å². The number of hydrogen-bond acceptors (Lipinski definition) is 9. The van der Waals surface area contributed by atoms with Crippen molar-refractivity contribution in [1.82, 2.24) is 34.6 Å². The summed E-state index contributed by atoms with van der Waals surface area (Å²) >= 11 is 6.41. The molecule has 1 amide bonds. The Hall–Kier alpha value is -3.83. The summed E-state index contributed by atoms with van der Waals surface area (Å²) in [5, 5.41) is 11.1. The molecular formula is C26H31ClN10O. The van der Waals surface area contributed by atoms with Crippen LogP contribution in [0.5, 0.6) is 0 Å². The average Bonchev–Trinajstić information content (AvgIpc) is 3.25. The summed E-state index contributed by atoms with van der Waals surface area (Å²) < 4.78 is 1.66. The van der Waals surface area contributed by atoms with Gasteiger partial charge in [-0.05, 0) is 25.2 Å². The lowest BCUT2D eigenvalue weighted by Crippen LogP contribution is -2.45. The number of halogens is 1. The third kappa shape index (κ3) is 5.53. The van der Waals surface area contributed by atoms with E-state index >= 15 is 0 Å². The standard InChI is InChI=1S/C26H31ClN10O/c1-26(2,3)20-13-21(36(5)34-20)32-24(38)16-10-17(27)12-18(11-16)31-23-22-19(29-15-30-23)14-28-25(33-22)37-8-6-35(4)7-9-37/h10-15H,6-9H2,1-5H3,(H,32,38)(H,29,30,31). The number of amides is 1. The van der Waals surface area contributed by atoms with Crippen molar-refractivity contribution in [2.45, 2.75) is 26.2 Å². The number of rotatable bonds is 5. The van der Waals surface area contributed by atoms with Gasteiger partial charge in [0.25, 0.3) is 5.91 Å². The van der Waals surface area contributed by atoms with Crippen LogP contribution < -0.4 is 15.5 Å². The number of aryl methyl sites for hydroxylation is 1. The van der Waals surface area contributed by atoms with E-state index in [1.807, 2.05) is 6.07 Å². The number of fused-ring (bicyclic) bond motifs is 1. The Morgan fingerprint density at radius 3 is 2.47 bits per heavy atom. The minimum absolute atomic E-state index is 0.137. The number of benzene rings is 1. The third-order valence-corrected chi connectivity index (χ3v) is 6.68. The van der Waals surface area contributed by atoms with Gasteiger partial charge in [0, 0.05) is 61.0 Å². The van der Waals surface area contributed by atoms with Crippen molar-refractivity contribution in [3.63, 3.8) is 0 Å². The lowest BCUT2D eigenvalue weighted by Gasteiger charge is -2.32. The topological polar surface area (TPSA) is 117 Å². The molecule has 198 valence electrons. The predicted molar refractivity (Wildman–Crippen MR) is 149 cm³/mol. The van der Waals surface area contributed by atoms with Crippen molar-refractivity contribution in [1.29, 1.82) is 0 Å². The number of carbonyl (C=O) groups is 1. The fourth-order valence-electron chi connectivity index (χ4n) is 4.16. The second-order valence-corrected chi connectivity index (χ2v) is 10.9. The molecule has 1 aromatic carbocycles. The molecule has 0 radical (unpaired) electrons. The lowest BCUT2D eigenvalue weighted by molar-refractivity contribution is 0.102. The van der Waals surface area contributed by atoms with Crippen LogP contribution in [0.4, 0.5) is 23.3 Å². The first-order chi connectivity index (χ1) is 18.1. The maximum Gasteiger partial charge on any atom is 0.256 e. The molecule has 5 rings (SSSR count). The lowest BCUT2D eigenvalue weighted by atomic mass is 9.92. The number of anilines is 4. The van der Waals surface area contributed by atoms with Gasteiger partial charge in [-0.25, -0.2) is 19.9 Å². The van der Waals surface area contributed by atoms with E-state index in [1.54, 1.807) is 36.1 Å². The van der Waals surface area contributed by atoms with Crippen LogP contribution in [-0.4, -0.2) is 73.8 Å². The second-order valence-electron chi connectivity index (χ2n) is 10.5. The molecule has 0 bridgehead atoms. The molecule has 12 heteroatoms. The van der Waals surface area contributed by atoms with Gasteiger partial charge in [-0.2, -0.15) is 5.10 Å². The van der Waals surface area contributed by atoms with Crippen LogP contribution in [0.2, 0.25) is 5.02 Å². The maximum absolute atomic E-state index is 13.1. The molecule has 0 atom stereocenters. The molecule has 0 saturated carbocycles. The van der Waals surface area contributed by atoms with Crippen LogP contribution in [0, 0.1) is 0 Å². The van der Waals surface area contributed by atoms with Crippen molar-refractivity contribution >= 4 is 51.8 Å². The molecule has 38 heavy (non-hydrogen) atoms. The van der Waals surface area contributed by atoms with Gasteiger partial charge >= 0.3 is 0 Å². The minimum Gasteiger partial charge on any atom is -0.338 e. The molecule has 1 fully saturated rings. The molecule has 2 N–H and O–H groups in total. The van der Waals surface area contributed by atoms with E-state index in [4.69, 9.17) is 16.6 Å². The van der Waals surface area contributed by atoms with Crippen LogP contribution in [0.15, 0.2) is 36.8 Å². The number of carbonyl (C=O) groups excluding carboxylic acids is 1. The largest absolute Gasteiger partial charge is 0.338 e. The Kier molecular flexibility index (Phi) is 6.89. The van der Waals surface area contributed by atoms with Gasteiger partial charge in [-0.1, -0.05) is 32.4 Å². The average molecular weight is 535 g/mol. The number of likely N-dealkylation sites (N-methyl/N-ethyl adjacent to an activating group) is 1. The Morgan fingerprint density at radius 1 is 1.00 bits per heavy atom. The summed E-state index contributed by atoms with van der Waals surface area (Å²) in [6.07, 6.45) is 3.16. The van der Waals surface area contributed by atoms with Crippen LogP contribution in [0.1, 0.15) is 36.8 Å². The van der Waals surface area contributed by atoms with Crippen molar-refractivity contribution in [3.05, 3.63) is 53.1 Å². The zero-order chi connectivity index (χ0) is 27.0. The van der Waals surface area contributed by atoms with Crippen molar-refractivity contribution < 1.29 is 4.79 Å². The first-order valence-electron chi connectivity index (χ1n) is 12.4. The summed E-state index contributed by atoms with van der Waals surface area (Å²) in [4.78, 5) is 35.6. The zero-order valence-electron chi connectivity index (χ0n) is 22.2. The van der Waals surface area contributed by atoms with Gasteiger partial charge in [-0.3, -0.25) is 9.48 Å². The Balaban J connectivity index is 1.40. The van der Waals surface area contributed by atoms with Crippen molar-refractivity contribution in [2.75, 3.05) is 48.8 Å². The van der Waals surface area contributed by atoms with Crippen molar-refractivity contribution in [3.8, 4) is 0 Å². The van der Waals surface area contributed by atoms with E-state index in [0.717, 1.165) is 31.9 Å². The highest BCUT2D eigenvalue weighted by molar-refractivity contribution is 6.31. The number of aromatic nitrogens is 6. The van der Waals surface area contributed by atoms with E-state index in [9.17, 15) is 4.79 Å². The molecule has 0 aliphatic carbocycles. The highest BCUT2D eigenvalue weighted by Gasteiger charge is 2.21. The molecule has 1 saturated heterocycles. The van der Waals surface area contributed by atoms with Crippen LogP contribution in [0.25, 0.3) is 11.0 Å². The third-order valence-electron chi connectivity index (χ3n) is 6.46. The predicted octanol–water partition coefficient (Wildman–Crippen LogP) is 3.85. The SMILES string of the molecule is CN1CCN(c2ncc3ncnc(Nc4cc(Cl)cc(C(=O)Nc5cc(C(C)(C)C)nn5C)c4)c3n2)CC1. The molecule has 3 aromatic heterocycles. The fraction of sp³-hybridized carbons (Fsp3) is 0.385. The van der Waals surface area contributed by atoms with E-state index in [2.05, 4.69) is 68.3 Å². The van der Waals surface area contributed by atoms with Gasteiger partial charge in [0.2, 0.25) is 5.95 Å². The van der Waals surface area contributed by atoms with Gasteiger partial charge in [-0.15, -0.1) is 0 Å². The number of nitrogens with one attached hydrogen (secondary N) is 2. The van der Waals surface area contributed by atoms with Gasteiger partial charge in [0.05, 0.1) is 11.9 Å². The quantitative estimate of drug-likeness (QED) is 0.393. The van der Waals surface area contributed by atoms with Gasteiger partial charge in [0.1, 0.15) is 23.2 Å². The maximum atomic E-state index is 13.1. The Bertz CT molecular complexity index is 1490. The van der Waals surface area contributed by atoms with Crippen LogP contribution in [0.3, 0.4) is 0 Å². The summed E-state index contributed by atoms with van der Waals surface area (Å²) in [6.45, 7) is 9.81. The molecule has 4 heterocycles. The minimum atomic E-state index is -0.300. The normalized spacial score (nSPS) is 14.6. The smallest absolute Gasteiger partial charge is 0.256 e. The molecule has 11 nitrogen and oxygen atoms in total. The Morgan fingerprint density at radius 2 is 1.76 bits per heavy atom. The second kappa shape index (κ2) is 10.1. The molecule has 0 spiro atoms. The zero-order valence-corrected chi connectivity index (χ0v) is 22.9. The first kappa shape index (κ1) is 25.8. The molecule has 1 aliphatic rings. The van der Waals surface area contributed by atoms with E-state index < -0.39 is 0 Å². The Labute approximate surface area is 226 Å². The molecule has 0 unspecified atom stereocenters. The molecule has 4 aromatic rings. The summed E-state index contributed by atoms with van der Waals surface area (Å²) in [6, 6.07) is 6.95. The van der Waals surface area contributed by atoms with Crippen LogP contribution >= 0.6 is 11.6 Å². The molecule has 1 aliphatic heterocycles. The highest BCUT2D eigenvalue weighted by Crippen LogP contribution is 2.27. The summed E-state index contributed by atoms with van der Waals surface area (Å²) in [5.74, 6) is 1.44. The van der Waals surface area contributed by atoms with E-state index in [1.165, 1.54) is 6.33 Å². The van der Waals surface area contributed by atoms with Gasteiger partial charge < -0.3 is 20.4 Å². The first-order valence-corrected chi connectivity index (χ1v) is 12.8. The fourth-order valence-corrected chi connectivity index (χ4v) is 4.40. The van der Waals surface area contributed by atoms with Gasteiger partial charge in [0.15, 0.2) is 5.82 Å². The van der Waals surface area contributed by atoms with E-state index in [0.29, 0.717) is 44.9 Å². The number of hydrogen-bond donors (Lipinski definition) is 2. The van der Waals surface area contributed by atoms with Crippen molar-refractivity contribution in [2.24, 2.45) is 7.05 Å². The number of piperazine rings is 1. The highest BCUT2D eigenvalue weighted by atomic mass is 35.5. The van der Waals surface area contributed by atoms with E-state index in [-0.39, 0.29) is 11.3 Å². The monoisotopic (exact) mass is 534 g/mol. The summed E-state index contributed by atoms with van der Waals surface area (Å²) in [7, 11) is 3.90. The number of nitrogens with zero attached hydrogens (tertiary/aromatic N) is 8.